The number of aromatic nitrogens is 2. The summed E-state index contributed by atoms with van der Waals surface area (Å²) in [7, 11) is 0. The molecular weight excluding hydrogens is 492 g/mol. The Morgan fingerprint density at radius 1 is 1.00 bits per heavy atom. The Morgan fingerprint density at radius 2 is 1.61 bits per heavy atom. The van der Waals surface area contributed by atoms with Gasteiger partial charge in [-0.1, -0.05) is 13.8 Å². The van der Waals surface area contributed by atoms with Gasteiger partial charge in [-0.3, -0.25) is 19.2 Å². The number of carbonyl (C=O) groups excluding carboxylic acids is 3. The van der Waals surface area contributed by atoms with Crippen molar-refractivity contribution < 1.29 is 34.2 Å². The smallest absolute Gasteiger partial charge is 0.326 e. The van der Waals surface area contributed by atoms with Gasteiger partial charge in [0.25, 0.3) is 0 Å². The van der Waals surface area contributed by atoms with E-state index in [9.17, 15) is 29.1 Å². The summed E-state index contributed by atoms with van der Waals surface area (Å²) in [5.41, 5.74) is 6.50. The van der Waals surface area contributed by atoms with Gasteiger partial charge >= 0.3 is 11.9 Å². The molecule has 0 saturated heterocycles. The van der Waals surface area contributed by atoms with Crippen molar-refractivity contribution >= 4 is 41.4 Å². The van der Waals surface area contributed by atoms with Crippen LogP contribution >= 0.6 is 11.8 Å². The predicted octanol–water partition coefficient (Wildman–Crippen LogP) is -0.517. The Hall–Kier alpha value is -3.13. The highest BCUT2D eigenvalue weighted by atomic mass is 32.2. The van der Waals surface area contributed by atoms with Crippen LogP contribution in [-0.2, 0) is 30.4 Å². The highest BCUT2D eigenvalue weighted by Crippen LogP contribution is 2.09. The number of thioether (sulfide) groups is 1. The van der Waals surface area contributed by atoms with Gasteiger partial charge in [-0.25, -0.2) is 9.78 Å². The number of H-pyrrole nitrogens is 1. The first-order valence-electron chi connectivity index (χ1n) is 11.5. The Balaban J connectivity index is 3.02. The Morgan fingerprint density at radius 3 is 2.14 bits per heavy atom. The van der Waals surface area contributed by atoms with Crippen LogP contribution in [0.5, 0.6) is 0 Å². The van der Waals surface area contributed by atoms with Gasteiger partial charge in [0, 0.05) is 24.7 Å². The number of carbonyl (C=O) groups is 5. The summed E-state index contributed by atoms with van der Waals surface area (Å²) in [6, 6.07) is -4.46. The van der Waals surface area contributed by atoms with Crippen molar-refractivity contribution in [3.63, 3.8) is 0 Å². The van der Waals surface area contributed by atoms with Crippen LogP contribution in [0.25, 0.3) is 0 Å². The molecule has 0 saturated carbocycles. The standard InChI is InChI=1S/C22H36N6O7S/c1-12(2)8-16(20(32)26-15(22(34)35)4-5-18(29)30)28-21(33)17(9-13-10-24-11-25-13)27-19(31)14(23)6-7-36-3/h10-12,14-17H,4-9,23H2,1-3H3,(H,24,25)(H,26,32)(H,27,31)(H,28,33)(H,29,30)(H,34,35). The lowest BCUT2D eigenvalue weighted by molar-refractivity contribution is -0.143. The molecule has 0 spiro atoms. The average Bonchev–Trinajstić information content (AvgIpc) is 3.31. The fourth-order valence-corrected chi connectivity index (χ4v) is 3.74. The van der Waals surface area contributed by atoms with Gasteiger partial charge in [0.1, 0.15) is 18.1 Å². The number of nitrogens with one attached hydrogen (secondary N) is 4. The second-order valence-corrected chi connectivity index (χ2v) is 9.74. The third-order valence-corrected chi connectivity index (χ3v) is 5.83. The van der Waals surface area contributed by atoms with E-state index in [0.29, 0.717) is 17.9 Å². The molecule has 4 atom stereocenters. The van der Waals surface area contributed by atoms with Crippen molar-refractivity contribution in [2.24, 2.45) is 11.7 Å². The molecule has 0 aliphatic carbocycles. The fraction of sp³-hybridized carbons (Fsp3) is 0.636. The van der Waals surface area contributed by atoms with E-state index in [4.69, 9.17) is 10.8 Å². The topological polar surface area (TPSA) is 217 Å². The molecule has 1 aromatic rings. The zero-order chi connectivity index (χ0) is 27.3. The van der Waals surface area contributed by atoms with Gasteiger partial charge in [-0.15, -0.1) is 0 Å². The molecule has 3 amide bonds. The summed E-state index contributed by atoms with van der Waals surface area (Å²) in [6.45, 7) is 3.64. The fourth-order valence-electron chi connectivity index (χ4n) is 3.25. The van der Waals surface area contributed by atoms with Crippen molar-refractivity contribution in [2.75, 3.05) is 12.0 Å². The normalized spacial score (nSPS) is 14.4. The molecule has 8 N–H and O–H groups in total. The molecular formula is C22H36N6O7S. The average molecular weight is 529 g/mol. The van der Waals surface area contributed by atoms with Crippen LogP contribution in [0.2, 0.25) is 0 Å². The number of hydrogen-bond donors (Lipinski definition) is 7. The lowest BCUT2D eigenvalue weighted by Crippen LogP contribution is -2.58. The van der Waals surface area contributed by atoms with E-state index in [0.717, 1.165) is 0 Å². The van der Waals surface area contributed by atoms with E-state index in [-0.39, 0.29) is 25.2 Å². The zero-order valence-electron chi connectivity index (χ0n) is 20.7. The van der Waals surface area contributed by atoms with Crippen LogP contribution in [0.1, 0.15) is 45.2 Å². The van der Waals surface area contributed by atoms with Gasteiger partial charge in [0.05, 0.1) is 12.4 Å². The minimum Gasteiger partial charge on any atom is -0.481 e. The Kier molecular flexibility index (Phi) is 13.5. The summed E-state index contributed by atoms with van der Waals surface area (Å²) in [6.07, 6.45) is 4.69. The molecule has 202 valence electrons. The van der Waals surface area contributed by atoms with Gasteiger partial charge in [0.15, 0.2) is 0 Å². The lowest BCUT2D eigenvalue weighted by atomic mass is 10.0. The summed E-state index contributed by atoms with van der Waals surface area (Å²) >= 11 is 1.53. The summed E-state index contributed by atoms with van der Waals surface area (Å²) in [4.78, 5) is 67.8. The largest absolute Gasteiger partial charge is 0.481 e. The molecule has 1 aromatic heterocycles. The van der Waals surface area contributed by atoms with E-state index < -0.39 is 60.2 Å². The quantitative estimate of drug-likeness (QED) is 0.137. The zero-order valence-corrected chi connectivity index (χ0v) is 21.5. The highest BCUT2D eigenvalue weighted by molar-refractivity contribution is 7.98. The third-order valence-electron chi connectivity index (χ3n) is 5.18. The molecule has 0 fully saturated rings. The summed E-state index contributed by atoms with van der Waals surface area (Å²) in [5, 5.41) is 25.7. The first kappa shape index (κ1) is 30.9. The number of amides is 3. The SMILES string of the molecule is CSCCC(N)C(=O)NC(Cc1cnc[nH]1)C(=O)NC(CC(C)C)C(=O)NC(CCC(=O)O)C(=O)O. The van der Waals surface area contributed by atoms with E-state index in [2.05, 4.69) is 25.9 Å². The lowest BCUT2D eigenvalue weighted by Gasteiger charge is -2.26. The number of aromatic amines is 1. The monoisotopic (exact) mass is 528 g/mol. The number of nitrogens with two attached hydrogens (primary N) is 1. The second kappa shape index (κ2) is 15.8. The van der Waals surface area contributed by atoms with Crippen molar-refractivity contribution in [1.82, 2.24) is 25.9 Å². The van der Waals surface area contributed by atoms with Crippen LogP contribution in [0.3, 0.4) is 0 Å². The second-order valence-electron chi connectivity index (χ2n) is 8.75. The first-order chi connectivity index (χ1) is 16.9. The summed E-state index contributed by atoms with van der Waals surface area (Å²) in [5.74, 6) is -3.92. The highest BCUT2D eigenvalue weighted by Gasteiger charge is 2.31. The number of rotatable bonds is 17. The molecule has 14 heteroatoms. The van der Waals surface area contributed by atoms with Crippen molar-refractivity contribution in [3.8, 4) is 0 Å². The van der Waals surface area contributed by atoms with Crippen LogP contribution < -0.4 is 21.7 Å². The third kappa shape index (κ3) is 11.5. The molecule has 4 unspecified atom stereocenters. The number of imidazole rings is 1. The maximum atomic E-state index is 13.2. The Bertz CT molecular complexity index is 880. The number of nitrogens with zero attached hydrogens (tertiary/aromatic N) is 1. The molecule has 0 aliphatic heterocycles. The summed E-state index contributed by atoms with van der Waals surface area (Å²) < 4.78 is 0. The Labute approximate surface area is 213 Å². The molecule has 0 radical (unpaired) electrons. The van der Waals surface area contributed by atoms with Crippen molar-refractivity contribution in [2.45, 2.75) is 70.1 Å². The van der Waals surface area contributed by atoms with E-state index in [1.165, 1.54) is 24.3 Å². The maximum Gasteiger partial charge on any atom is 0.326 e. The van der Waals surface area contributed by atoms with Gasteiger partial charge < -0.3 is 36.9 Å². The van der Waals surface area contributed by atoms with Gasteiger partial charge in [-0.05, 0) is 37.2 Å². The maximum absolute atomic E-state index is 13.2. The molecule has 0 aromatic carbocycles. The minimum absolute atomic E-state index is 0.0519. The van der Waals surface area contributed by atoms with Crippen LogP contribution in [0.15, 0.2) is 12.5 Å². The van der Waals surface area contributed by atoms with Crippen LogP contribution in [0, 0.1) is 5.92 Å². The minimum atomic E-state index is -1.44. The van der Waals surface area contributed by atoms with E-state index in [1.807, 2.05) is 20.1 Å². The van der Waals surface area contributed by atoms with Gasteiger partial charge in [-0.2, -0.15) is 11.8 Å². The molecule has 36 heavy (non-hydrogen) atoms. The molecule has 13 nitrogen and oxygen atoms in total. The van der Waals surface area contributed by atoms with E-state index in [1.54, 1.807) is 0 Å². The molecule has 1 rings (SSSR count). The van der Waals surface area contributed by atoms with Crippen LogP contribution in [-0.4, -0.2) is 86.0 Å². The van der Waals surface area contributed by atoms with Gasteiger partial charge in [0.2, 0.25) is 17.7 Å². The van der Waals surface area contributed by atoms with Crippen LogP contribution in [0.4, 0.5) is 0 Å². The van der Waals surface area contributed by atoms with Crippen molar-refractivity contribution in [3.05, 3.63) is 18.2 Å². The molecule has 1 heterocycles. The molecule has 0 bridgehead atoms. The predicted molar refractivity (Wildman–Crippen MR) is 133 cm³/mol. The number of hydrogen-bond acceptors (Lipinski definition) is 8. The number of aliphatic carboxylic acids is 2. The first-order valence-corrected chi connectivity index (χ1v) is 12.9. The number of carboxylic acids is 2. The van der Waals surface area contributed by atoms with Crippen molar-refractivity contribution in [1.29, 1.82) is 0 Å². The van der Waals surface area contributed by atoms with E-state index >= 15 is 0 Å². The number of carboxylic acid groups (broad SMARTS) is 2. The molecule has 0 aliphatic rings.